The van der Waals surface area contributed by atoms with Crippen molar-refractivity contribution in [3.8, 4) is 0 Å². The van der Waals surface area contributed by atoms with Crippen molar-refractivity contribution in [2.45, 2.75) is 70.6 Å². The van der Waals surface area contributed by atoms with E-state index in [9.17, 15) is 0 Å². The van der Waals surface area contributed by atoms with Gasteiger partial charge in [-0.3, -0.25) is 0 Å². The van der Waals surface area contributed by atoms with Gasteiger partial charge in [0, 0.05) is 0 Å². The van der Waals surface area contributed by atoms with Gasteiger partial charge in [0.25, 0.3) is 0 Å². The summed E-state index contributed by atoms with van der Waals surface area (Å²) in [7, 11) is 0. The highest BCUT2D eigenvalue weighted by Gasteiger charge is 2.16. The molecule has 94 valence electrons. The van der Waals surface area contributed by atoms with Gasteiger partial charge in [-0.1, -0.05) is 57.4 Å². The van der Waals surface area contributed by atoms with Gasteiger partial charge in [0.05, 0.1) is 0 Å². The molecule has 0 spiro atoms. The second-order valence-electron chi connectivity index (χ2n) is 5.52. The van der Waals surface area contributed by atoms with Crippen LogP contribution >= 0.6 is 0 Å². The summed E-state index contributed by atoms with van der Waals surface area (Å²) in [5.41, 5.74) is 3.17. The van der Waals surface area contributed by atoms with E-state index in [0.717, 1.165) is 11.8 Å². The molecule has 0 unspecified atom stereocenters. The lowest BCUT2D eigenvalue weighted by molar-refractivity contribution is 0.443. The molecule has 0 bridgehead atoms. The van der Waals surface area contributed by atoms with Crippen LogP contribution in [0.15, 0.2) is 24.3 Å². The van der Waals surface area contributed by atoms with Crippen molar-refractivity contribution in [3.63, 3.8) is 0 Å². The minimum Gasteiger partial charge on any atom is -0.0648 e. The minimum atomic E-state index is 0.763. The highest BCUT2D eigenvalue weighted by molar-refractivity contribution is 5.29. The number of benzene rings is 1. The summed E-state index contributed by atoms with van der Waals surface area (Å²) in [5.74, 6) is 1.61. The largest absolute Gasteiger partial charge is 0.0648 e. The first-order chi connectivity index (χ1) is 8.35. The zero-order chi connectivity index (χ0) is 12.1. The van der Waals surface area contributed by atoms with Crippen LogP contribution in [0.5, 0.6) is 0 Å². The first kappa shape index (κ1) is 12.7. The maximum Gasteiger partial charge on any atom is -0.0162 e. The van der Waals surface area contributed by atoms with Crippen LogP contribution in [-0.4, -0.2) is 0 Å². The smallest absolute Gasteiger partial charge is 0.0162 e. The second kappa shape index (κ2) is 6.23. The molecule has 0 saturated heterocycles. The summed E-state index contributed by atoms with van der Waals surface area (Å²) in [6.45, 7) is 4.61. The fourth-order valence-electron chi connectivity index (χ4n) is 3.26. The van der Waals surface area contributed by atoms with Crippen LogP contribution in [0.2, 0.25) is 0 Å². The first-order valence-corrected chi connectivity index (χ1v) is 7.45. The average Bonchev–Trinajstić information content (AvgIpc) is 2.42. The predicted molar refractivity (Wildman–Crippen MR) is 75.6 cm³/mol. The summed E-state index contributed by atoms with van der Waals surface area (Å²) in [6, 6.07) is 9.44. The van der Waals surface area contributed by atoms with Gasteiger partial charge in [0.1, 0.15) is 0 Å². The SMILES string of the molecule is CCC(CC)c1cccc(C2CCCCC2)c1. The zero-order valence-corrected chi connectivity index (χ0v) is 11.4. The van der Waals surface area contributed by atoms with Gasteiger partial charge < -0.3 is 0 Å². The molecular formula is C17H26. The molecule has 1 aromatic rings. The molecule has 1 aliphatic carbocycles. The standard InChI is InChI=1S/C17H26/c1-3-14(4-2)16-11-8-12-17(13-16)15-9-6-5-7-10-15/h8,11-15H,3-7,9-10H2,1-2H3. The van der Waals surface area contributed by atoms with E-state index >= 15 is 0 Å². The van der Waals surface area contributed by atoms with Gasteiger partial charge in [-0.15, -0.1) is 0 Å². The average molecular weight is 230 g/mol. The fraction of sp³-hybridized carbons (Fsp3) is 0.647. The third-order valence-corrected chi connectivity index (χ3v) is 4.44. The van der Waals surface area contributed by atoms with Gasteiger partial charge in [0.15, 0.2) is 0 Å². The molecule has 1 aromatic carbocycles. The highest BCUT2D eigenvalue weighted by atomic mass is 14.2. The molecule has 0 N–H and O–H groups in total. The lowest BCUT2D eigenvalue weighted by Gasteiger charge is -2.23. The Morgan fingerprint density at radius 2 is 1.76 bits per heavy atom. The molecule has 1 fully saturated rings. The van der Waals surface area contributed by atoms with E-state index < -0.39 is 0 Å². The monoisotopic (exact) mass is 230 g/mol. The van der Waals surface area contributed by atoms with Crippen LogP contribution in [0.25, 0.3) is 0 Å². The molecule has 0 nitrogen and oxygen atoms in total. The van der Waals surface area contributed by atoms with E-state index in [1.54, 1.807) is 11.1 Å². The lowest BCUT2D eigenvalue weighted by atomic mass is 9.82. The highest BCUT2D eigenvalue weighted by Crippen LogP contribution is 2.34. The zero-order valence-electron chi connectivity index (χ0n) is 11.4. The van der Waals surface area contributed by atoms with Gasteiger partial charge in [-0.2, -0.15) is 0 Å². The summed E-state index contributed by atoms with van der Waals surface area (Å²) in [5, 5.41) is 0. The Hall–Kier alpha value is -0.780. The molecule has 1 saturated carbocycles. The molecule has 0 radical (unpaired) electrons. The molecular weight excluding hydrogens is 204 g/mol. The first-order valence-electron chi connectivity index (χ1n) is 7.45. The van der Waals surface area contributed by atoms with Crippen LogP contribution in [-0.2, 0) is 0 Å². The van der Waals surface area contributed by atoms with Crippen molar-refractivity contribution in [1.29, 1.82) is 0 Å². The normalized spacial score (nSPS) is 17.6. The quantitative estimate of drug-likeness (QED) is 0.628. The molecule has 0 heterocycles. The Kier molecular flexibility index (Phi) is 4.65. The van der Waals surface area contributed by atoms with Crippen molar-refractivity contribution in [2.75, 3.05) is 0 Å². The predicted octanol–water partition coefficient (Wildman–Crippen LogP) is 5.64. The van der Waals surface area contributed by atoms with Crippen LogP contribution in [0.1, 0.15) is 81.8 Å². The van der Waals surface area contributed by atoms with Gasteiger partial charge in [0.2, 0.25) is 0 Å². The number of hydrogen-bond acceptors (Lipinski definition) is 0. The Morgan fingerprint density at radius 3 is 2.41 bits per heavy atom. The Labute approximate surface area is 106 Å². The van der Waals surface area contributed by atoms with Crippen molar-refractivity contribution >= 4 is 0 Å². The molecule has 0 aliphatic heterocycles. The van der Waals surface area contributed by atoms with Gasteiger partial charge >= 0.3 is 0 Å². The Morgan fingerprint density at radius 1 is 1.06 bits per heavy atom. The van der Waals surface area contributed by atoms with Crippen LogP contribution in [0, 0.1) is 0 Å². The maximum absolute atomic E-state index is 2.49. The minimum absolute atomic E-state index is 0.763. The summed E-state index contributed by atoms with van der Waals surface area (Å²) < 4.78 is 0. The van der Waals surface area contributed by atoms with Crippen molar-refractivity contribution < 1.29 is 0 Å². The number of rotatable bonds is 4. The fourth-order valence-corrected chi connectivity index (χ4v) is 3.26. The summed E-state index contributed by atoms with van der Waals surface area (Å²) in [4.78, 5) is 0. The van der Waals surface area contributed by atoms with Crippen LogP contribution < -0.4 is 0 Å². The third kappa shape index (κ3) is 3.12. The number of hydrogen-bond donors (Lipinski definition) is 0. The van der Waals surface area contributed by atoms with E-state index in [1.165, 1.54) is 44.9 Å². The second-order valence-corrected chi connectivity index (χ2v) is 5.52. The third-order valence-electron chi connectivity index (χ3n) is 4.44. The molecule has 1 aliphatic rings. The molecule has 0 atom stereocenters. The van der Waals surface area contributed by atoms with E-state index in [4.69, 9.17) is 0 Å². The van der Waals surface area contributed by atoms with E-state index in [2.05, 4.69) is 38.1 Å². The van der Waals surface area contributed by atoms with Gasteiger partial charge in [-0.05, 0) is 48.6 Å². The van der Waals surface area contributed by atoms with E-state index in [1.807, 2.05) is 0 Å². The Bertz CT molecular complexity index is 330. The topological polar surface area (TPSA) is 0 Å². The summed E-state index contributed by atoms with van der Waals surface area (Å²) >= 11 is 0. The van der Waals surface area contributed by atoms with Crippen molar-refractivity contribution in [3.05, 3.63) is 35.4 Å². The van der Waals surface area contributed by atoms with Crippen molar-refractivity contribution in [2.24, 2.45) is 0 Å². The van der Waals surface area contributed by atoms with Crippen LogP contribution in [0.4, 0.5) is 0 Å². The van der Waals surface area contributed by atoms with E-state index in [0.29, 0.717) is 0 Å². The maximum atomic E-state index is 2.49. The summed E-state index contributed by atoms with van der Waals surface area (Å²) in [6.07, 6.45) is 9.66. The van der Waals surface area contributed by atoms with Gasteiger partial charge in [-0.25, -0.2) is 0 Å². The molecule has 0 amide bonds. The van der Waals surface area contributed by atoms with Crippen LogP contribution in [0.3, 0.4) is 0 Å². The molecule has 0 aromatic heterocycles. The molecule has 0 heteroatoms. The van der Waals surface area contributed by atoms with E-state index in [-0.39, 0.29) is 0 Å². The molecule has 17 heavy (non-hydrogen) atoms. The molecule has 2 rings (SSSR count). The van der Waals surface area contributed by atoms with Crippen molar-refractivity contribution in [1.82, 2.24) is 0 Å². The Balaban J connectivity index is 2.15. The lowest BCUT2D eigenvalue weighted by Crippen LogP contribution is -2.05.